The summed E-state index contributed by atoms with van der Waals surface area (Å²) >= 11 is 1.63. The minimum Gasteiger partial charge on any atom is -0.421 e. The van der Waals surface area contributed by atoms with Crippen LogP contribution in [0, 0.1) is 0 Å². The van der Waals surface area contributed by atoms with Crippen LogP contribution in [0.3, 0.4) is 0 Å². The molecule has 4 rings (SSSR count). The van der Waals surface area contributed by atoms with E-state index in [9.17, 15) is 4.79 Å². The maximum absolute atomic E-state index is 12.3. The molecule has 1 amide bonds. The molecule has 0 spiro atoms. The largest absolute Gasteiger partial charge is 0.421 e. The van der Waals surface area contributed by atoms with Crippen LogP contribution in [0.2, 0.25) is 0 Å². The predicted molar refractivity (Wildman–Crippen MR) is 101 cm³/mol. The standard InChI is InChI=1S/C19H18N4O2S/c1-2-18-21-22-19(25-18)14-6-5-13-7-8-23(16(13)10-14)12-17(24)20-11-15-4-3-9-26-15/h3-10H,2,11-12H2,1H3,(H,20,24). The van der Waals surface area contributed by atoms with Crippen molar-refractivity contribution in [1.82, 2.24) is 20.1 Å². The minimum atomic E-state index is -0.0210. The van der Waals surface area contributed by atoms with Crippen LogP contribution in [0.1, 0.15) is 17.7 Å². The maximum Gasteiger partial charge on any atom is 0.247 e. The first kappa shape index (κ1) is 16.5. The topological polar surface area (TPSA) is 73.0 Å². The van der Waals surface area contributed by atoms with Gasteiger partial charge >= 0.3 is 0 Å². The van der Waals surface area contributed by atoms with Gasteiger partial charge in [0.15, 0.2) is 0 Å². The lowest BCUT2D eigenvalue weighted by molar-refractivity contribution is -0.121. The number of nitrogens with zero attached hydrogens (tertiary/aromatic N) is 3. The molecule has 1 N–H and O–H groups in total. The highest BCUT2D eigenvalue weighted by Crippen LogP contribution is 2.24. The van der Waals surface area contributed by atoms with Gasteiger partial charge < -0.3 is 14.3 Å². The molecule has 4 aromatic rings. The van der Waals surface area contributed by atoms with Crippen molar-refractivity contribution in [3.8, 4) is 11.5 Å². The van der Waals surface area contributed by atoms with Gasteiger partial charge in [-0.3, -0.25) is 4.79 Å². The van der Waals surface area contributed by atoms with Gasteiger partial charge in [-0.05, 0) is 35.0 Å². The Morgan fingerprint density at radius 3 is 2.96 bits per heavy atom. The average Bonchev–Trinajstić information content (AvgIpc) is 3.40. The molecule has 7 heteroatoms. The molecule has 0 aliphatic carbocycles. The second kappa shape index (κ2) is 7.13. The molecule has 132 valence electrons. The molecule has 6 nitrogen and oxygen atoms in total. The number of thiophene rings is 1. The summed E-state index contributed by atoms with van der Waals surface area (Å²) in [6.45, 7) is 2.80. The van der Waals surface area contributed by atoms with E-state index >= 15 is 0 Å². The number of amides is 1. The fourth-order valence-corrected chi connectivity index (χ4v) is 3.42. The van der Waals surface area contributed by atoms with E-state index in [-0.39, 0.29) is 12.5 Å². The van der Waals surface area contributed by atoms with Crippen molar-refractivity contribution in [1.29, 1.82) is 0 Å². The quantitative estimate of drug-likeness (QED) is 0.565. The summed E-state index contributed by atoms with van der Waals surface area (Å²) in [5, 5.41) is 14.1. The fraction of sp³-hybridized carbons (Fsp3) is 0.211. The SMILES string of the molecule is CCc1nnc(-c2ccc3ccn(CC(=O)NCc4cccs4)c3c2)o1. The van der Waals surface area contributed by atoms with Gasteiger partial charge in [0.1, 0.15) is 6.54 Å². The zero-order valence-electron chi connectivity index (χ0n) is 14.3. The molecule has 0 saturated heterocycles. The minimum absolute atomic E-state index is 0.0210. The Hall–Kier alpha value is -2.93. The number of carbonyl (C=O) groups is 1. The van der Waals surface area contributed by atoms with E-state index in [4.69, 9.17) is 4.42 Å². The third-order valence-corrected chi connectivity index (χ3v) is 5.02. The number of benzene rings is 1. The number of aromatic nitrogens is 3. The predicted octanol–water partition coefficient (Wildman–Crippen LogP) is 3.63. The number of hydrogen-bond donors (Lipinski definition) is 1. The van der Waals surface area contributed by atoms with E-state index in [0.717, 1.165) is 21.3 Å². The lowest BCUT2D eigenvalue weighted by Crippen LogP contribution is -2.26. The second-order valence-corrected chi connectivity index (χ2v) is 6.96. The molecule has 0 bridgehead atoms. The summed E-state index contributed by atoms with van der Waals surface area (Å²) in [5.74, 6) is 1.09. The molecular weight excluding hydrogens is 348 g/mol. The van der Waals surface area contributed by atoms with E-state index in [0.29, 0.717) is 24.7 Å². The number of hydrogen-bond acceptors (Lipinski definition) is 5. The Labute approximate surface area is 154 Å². The summed E-state index contributed by atoms with van der Waals surface area (Å²) in [6, 6.07) is 11.9. The first-order valence-corrected chi connectivity index (χ1v) is 9.31. The van der Waals surface area contributed by atoms with E-state index in [1.165, 1.54) is 0 Å². The van der Waals surface area contributed by atoms with Gasteiger partial charge in [-0.2, -0.15) is 0 Å². The first-order valence-electron chi connectivity index (χ1n) is 8.43. The van der Waals surface area contributed by atoms with Gasteiger partial charge in [-0.15, -0.1) is 21.5 Å². The highest BCUT2D eigenvalue weighted by Gasteiger charge is 2.11. The van der Waals surface area contributed by atoms with E-state index in [1.54, 1.807) is 11.3 Å². The number of aryl methyl sites for hydroxylation is 1. The smallest absolute Gasteiger partial charge is 0.247 e. The second-order valence-electron chi connectivity index (χ2n) is 5.93. The monoisotopic (exact) mass is 366 g/mol. The lowest BCUT2D eigenvalue weighted by atomic mass is 10.1. The van der Waals surface area contributed by atoms with Crippen molar-refractivity contribution in [3.05, 3.63) is 58.7 Å². The molecule has 3 heterocycles. The normalized spacial score (nSPS) is 11.1. The number of rotatable bonds is 6. The van der Waals surface area contributed by atoms with Crippen LogP contribution >= 0.6 is 11.3 Å². The molecular formula is C19H18N4O2S. The van der Waals surface area contributed by atoms with Crippen molar-refractivity contribution in [3.63, 3.8) is 0 Å². The molecule has 0 fully saturated rings. The van der Waals surface area contributed by atoms with E-state index in [1.807, 2.05) is 59.5 Å². The zero-order chi connectivity index (χ0) is 17.9. The van der Waals surface area contributed by atoms with Crippen LogP contribution in [-0.2, 0) is 24.3 Å². The summed E-state index contributed by atoms with van der Waals surface area (Å²) in [6.07, 6.45) is 2.63. The Balaban J connectivity index is 1.53. The number of carbonyl (C=O) groups excluding carboxylic acids is 1. The third-order valence-electron chi connectivity index (χ3n) is 4.14. The Morgan fingerprint density at radius 2 is 2.19 bits per heavy atom. The lowest BCUT2D eigenvalue weighted by Gasteiger charge is -2.07. The number of nitrogens with one attached hydrogen (secondary N) is 1. The van der Waals surface area contributed by atoms with Gasteiger partial charge in [0, 0.05) is 28.6 Å². The summed E-state index contributed by atoms with van der Waals surface area (Å²) in [7, 11) is 0. The molecule has 0 aliphatic heterocycles. The van der Waals surface area contributed by atoms with Crippen LogP contribution in [0.4, 0.5) is 0 Å². The molecule has 26 heavy (non-hydrogen) atoms. The fourth-order valence-electron chi connectivity index (χ4n) is 2.78. The summed E-state index contributed by atoms with van der Waals surface area (Å²) < 4.78 is 7.57. The summed E-state index contributed by atoms with van der Waals surface area (Å²) in [4.78, 5) is 13.4. The Morgan fingerprint density at radius 1 is 1.27 bits per heavy atom. The molecule has 0 aliphatic rings. The van der Waals surface area contributed by atoms with Gasteiger partial charge in [-0.25, -0.2) is 0 Å². The molecule has 1 aromatic carbocycles. The third kappa shape index (κ3) is 3.39. The van der Waals surface area contributed by atoms with Gasteiger partial charge in [-0.1, -0.05) is 19.1 Å². The van der Waals surface area contributed by atoms with Gasteiger partial charge in [0.2, 0.25) is 17.7 Å². The van der Waals surface area contributed by atoms with Crippen molar-refractivity contribution in [2.24, 2.45) is 0 Å². The maximum atomic E-state index is 12.3. The van der Waals surface area contributed by atoms with Crippen LogP contribution in [-0.4, -0.2) is 20.7 Å². The van der Waals surface area contributed by atoms with Crippen LogP contribution in [0.25, 0.3) is 22.4 Å². The van der Waals surface area contributed by atoms with E-state index < -0.39 is 0 Å². The first-order chi connectivity index (χ1) is 12.7. The van der Waals surface area contributed by atoms with Crippen LogP contribution in [0.5, 0.6) is 0 Å². The van der Waals surface area contributed by atoms with Crippen LogP contribution < -0.4 is 5.32 Å². The highest BCUT2D eigenvalue weighted by molar-refractivity contribution is 7.09. The molecule has 3 aromatic heterocycles. The van der Waals surface area contributed by atoms with Crippen molar-refractivity contribution >= 4 is 28.1 Å². The van der Waals surface area contributed by atoms with Gasteiger partial charge in [0.05, 0.1) is 6.54 Å². The van der Waals surface area contributed by atoms with Gasteiger partial charge in [0.25, 0.3) is 0 Å². The van der Waals surface area contributed by atoms with E-state index in [2.05, 4.69) is 15.5 Å². The Bertz CT molecular complexity index is 1030. The molecule has 0 unspecified atom stereocenters. The van der Waals surface area contributed by atoms with Crippen molar-refractivity contribution < 1.29 is 9.21 Å². The zero-order valence-corrected chi connectivity index (χ0v) is 15.1. The van der Waals surface area contributed by atoms with Crippen molar-refractivity contribution in [2.45, 2.75) is 26.4 Å². The molecule has 0 radical (unpaired) electrons. The number of fused-ring (bicyclic) bond motifs is 1. The van der Waals surface area contributed by atoms with Crippen molar-refractivity contribution in [2.75, 3.05) is 0 Å². The highest BCUT2D eigenvalue weighted by atomic mass is 32.1. The average molecular weight is 366 g/mol. The summed E-state index contributed by atoms with van der Waals surface area (Å²) in [5.41, 5.74) is 1.81. The molecule has 0 atom stereocenters. The van der Waals surface area contributed by atoms with Crippen LogP contribution in [0.15, 0.2) is 52.4 Å². The Kier molecular flexibility index (Phi) is 4.53. The molecule has 0 saturated carbocycles.